The van der Waals surface area contributed by atoms with Gasteiger partial charge in [-0.05, 0) is 42.5 Å². The summed E-state index contributed by atoms with van der Waals surface area (Å²) in [6, 6.07) is 24.1. The number of hydrogen-bond donors (Lipinski definition) is 3. The Hall–Kier alpha value is -4.19. The summed E-state index contributed by atoms with van der Waals surface area (Å²) in [5, 5.41) is 6.25. The number of carbonyl (C=O) groups is 2. The van der Waals surface area contributed by atoms with Gasteiger partial charge in [-0.3, -0.25) is 14.4 Å². The van der Waals surface area contributed by atoms with E-state index in [9.17, 15) is 14.4 Å². The van der Waals surface area contributed by atoms with E-state index in [0.717, 1.165) is 0 Å². The Morgan fingerprint density at radius 1 is 0.690 bits per heavy atom. The summed E-state index contributed by atoms with van der Waals surface area (Å²) < 4.78 is 0. The third kappa shape index (κ3) is 4.06. The fraction of sp³-hybridized carbons (Fsp3) is 0. The summed E-state index contributed by atoms with van der Waals surface area (Å²) in [6.45, 7) is 0. The van der Waals surface area contributed by atoms with Gasteiger partial charge in [0.15, 0.2) is 0 Å². The number of nitrogens with one attached hydrogen (secondary N) is 3. The van der Waals surface area contributed by atoms with E-state index in [1.54, 1.807) is 66.7 Å². The number of hydrogen-bond acceptors (Lipinski definition) is 3. The van der Waals surface area contributed by atoms with Crippen molar-refractivity contribution in [2.24, 2.45) is 0 Å². The number of benzene rings is 3. The summed E-state index contributed by atoms with van der Waals surface area (Å²) >= 11 is 0. The molecule has 6 heteroatoms. The third-order valence-corrected chi connectivity index (χ3v) is 4.43. The first-order valence-electron chi connectivity index (χ1n) is 9.00. The standard InChI is InChI=1S/C23H17N3O3/c27-21-14-19(18-8-4-5-9-20(18)26-21)23(29)25-17-12-10-16(11-13-17)24-22(28)15-6-2-1-3-7-15/h1-14H,(H,24,28)(H,25,29)(H,26,27). The molecule has 0 aliphatic carbocycles. The molecule has 0 unspecified atom stereocenters. The van der Waals surface area contributed by atoms with Crippen LogP contribution in [0.1, 0.15) is 20.7 Å². The zero-order valence-corrected chi connectivity index (χ0v) is 15.3. The highest BCUT2D eigenvalue weighted by Crippen LogP contribution is 2.18. The lowest BCUT2D eigenvalue weighted by atomic mass is 10.1. The van der Waals surface area contributed by atoms with E-state index < -0.39 is 0 Å². The van der Waals surface area contributed by atoms with Crippen molar-refractivity contribution in [2.45, 2.75) is 0 Å². The fourth-order valence-electron chi connectivity index (χ4n) is 3.02. The van der Waals surface area contributed by atoms with Crippen LogP contribution in [0.25, 0.3) is 10.9 Å². The molecule has 0 spiro atoms. The van der Waals surface area contributed by atoms with E-state index in [2.05, 4.69) is 15.6 Å². The van der Waals surface area contributed by atoms with Crippen LogP contribution >= 0.6 is 0 Å². The van der Waals surface area contributed by atoms with Gasteiger partial charge in [-0.25, -0.2) is 0 Å². The average molecular weight is 383 g/mol. The van der Waals surface area contributed by atoms with Gasteiger partial charge in [0, 0.05) is 33.9 Å². The lowest BCUT2D eigenvalue weighted by molar-refractivity contribution is 0.101. The van der Waals surface area contributed by atoms with Crippen LogP contribution in [0.2, 0.25) is 0 Å². The van der Waals surface area contributed by atoms with E-state index >= 15 is 0 Å². The molecule has 0 aliphatic rings. The second-order valence-corrected chi connectivity index (χ2v) is 6.44. The summed E-state index contributed by atoms with van der Waals surface area (Å²) in [7, 11) is 0. The van der Waals surface area contributed by atoms with Crippen LogP contribution in [0, 0.1) is 0 Å². The molecule has 0 fully saturated rings. The van der Waals surface area contributed by atoms with Gasteiger partial charge in [0.05, 0.1) is 5.56 Å². The molecular weight excluding hydrogens is 366 g/mol. The van der Waals surface area contributed by atoms with Crippen molar-refractivity contribution in [3.63, 3.8) is 0 Å². The van der Waals surface area contributed by atoms with Gasteiger partial charge < -0.3 is 15.6 Å². The van der Waals surface area contributed by atoms with Gasteiger partial charge in [0.2, 0.25) is 5.56 Å². The second kappa shape index (κ2) is 7.82. The van der Waals surface area contributed by atoms with Crippen LogP contribution in [0.5, 0.6) is 0 Å². The van der Waals surface area contributed by atoms with Crippen LogP contribution in [0.4, 0.5) is 11.4 Å². The van der Waals surface area contributed by atoms with Crippen LogP contribution in [0.15, 0.2) is 89.7 Å². The largest absolute Gasteiger partial charge is 0.322 e. The molecule has 1 aromatic heterocycles. The molecule has 2 amide bonds. The van der Waals surface area contributed by atoms with Crippen molar-refractivity contribution >= 4 is 34.1 Å². The molecule has 6 nitrogen and oxygen atoms in total. The van der Waals surface area contributed by atoms with Gasteiger partial charge in [-0.15, -0.1) is 0 Å². The van der Waals surface area contributed by atoms with E-state index in [-0.39, 0.29) is 17.4 Å². The average Bonchev–Trinajstić information content (AvgIpc) is 2.75. The highest BCUT2D eigenvalue weighted by atomic mass is 16.2. The van der Waals surface area contributed by atoms with Gasteiger partial charge >= 0.3 is 0 Å². The summed E-state index contributed by atoms with van der Waals surface area (Å²) in [5.74, 6) is -0.592. The Labute approximate surface area is 166 Å². The molecule has 142 valence electrons. The fourth-order valence-corrected chi connectivity index (χ4v) is 3.02. The maximum atomic E-state index is 12.7. The van der Waals surface area contributed by atoms with Crippen LogP contribution < -0.4 is 16.2 Å². The molecule has 29 heavy (non-hydrogen) atoms. The highest BCUT2D eigenvalue weighted by molar-refractivity contribution is 6.12. The molecule has 0 saturated heterocycles. The Balaban J connectivity index is 1.50. The number of amides is 2. The summed E-state index contributed by atoms with van der Waals surface area (Å²) in [6.07, 6.45) is 0. The van der Waals surface area contributed by atoms with Crippen molar-refractivity contribution in [1.82, 2.24) is 4.98 Å². The molecule has 0 bridgehead atoms. The number of fused-ring (bicyclic) bond motifs is 1. The number of aromatic nitrogens is 1. The summed E-state index contributed by atoms with van der Waals surface area (Å²) in [4.78, 5) is 39.5. The van der Waals surface area contributed by atoms with Crippen molar-refractivity contribution in [3.8, 4) is 0 Å². The zero-order chi connectivity index (χ0) is 20.2. The van der Waals surface area contributed by atoms with Gasteiger partial charge in [-0.1, -0.05) is 36.4 Å². The van der Waals surface area contributed by atoms with Crippen molar-refractivity contribution in [2.75, 3.05) is 10.6 Å². The molecule has 0 aliphatic heterocycles. The smallest absolute Gasteiger partial charge is 0.256 e. The molecule has 0 saturated carbocycles. The maximum Gasteiger partial charge on any atom is 0.256 e. The van der Waals surface area contributed by atoms with E-state index in [1.807, 2.05) is 12.1 Å². The van der Waals surface area contributed by atoms with Gasteiger partial charge in [-0.2, -0.15) is 0 Å². The SMILES string of the molecule is O=C(Nc1ccc(NC(=O)c2cc(=O)[nH]c3ccccc23)cc1)c1ccccc1. The number of carbonyl (C=O) groups excluding carboxylic acids is 2. The third-order valence-electron chi connectivity index (χ3n) is 4.43. The molecule has 3 N–H and O–H groups in total. The monoisotopic (exact) mass is 383 g/mol. The number of aromatic amines is 1. The number of para-hydroxylation sites is 1. The van der Waals surface area contributed by atoms with E-state index in [0.29, 0.717) is 33.4 Å². The number of anilines is 2. The highest BCUT2D eigenvalue weighted by Gasteiger charge is 2.12. The molecule has 4 rings (SSSR count). The Morgan fingerprint density at radius 3 is 1.97 bits per heavy atom. The molecule has 0 radical (unpaired) electrons. The quantitative estimate of drug-likeness (QED) is 0.497. The first-order chi connectivity index (χ1) is 14.1. The molecule has 0 atom stereocenters. The second-order valence-electron chi connectivity index (χ2n) is 6.44. The minimum absolute atomic E-state index is 0.211. The topological polar surface area (TPSA) is 91.1 Å². The Kier molecular flexibility index (Phi) is 4.90. The normalized spacial score (nSPS) is 10.5. The zero-order valence-electron chi connectivity index (χ0n) is 15.3. The molecule has 1 heterocycles. The van der Waals surface area contributed by atoms with Crippen LogP contribution in [-0.4, -0.2) is 16.8 Å². The predicted octanol–water partition coefficient (Wildman–Crippen LogP) is 4.03. The molecular formula is C23H17N3O3. The van der Waals surface area contributed by atoms with Gasteiger partial charge in [0.1, 0.15) is 0 Å². The minimum Gasteiger partial charge on any atom is -0.322 e. The summed E-state index contributed by atoms with van der Waals surface area (Å²) in [5.41, 5.74) is 2.28. The molecule has 4 aromatic rings. The van der Waals surface area contributed by atoms with E-state index in [4.69, 9.17) is 0 Å². The Morgan fingerprint density at radius 2 is 1.28 bits per heavy atom. The van der Waals surface area contributed by atoms with Crippen molar-refractivity contribution < 1.29 is 9.59 Å². The van der Waals surface area contributed by atoms with Gasteiger partial charge in [0.25, 0.3) is 11.8 Å². The molecule has 3 aromatic carbocycles. The first-order valence-corrected chi connectivity index (χ1v) is 9.00. The number of rotatable bonds is 4. The van der Waals surface area contributed by atoms with Crippen molar-refractivity contribution in [3.05, 3.63) is 106 Å². The predicted molar refractivity (Wildman–Crippen MR) is 113 cm³/mol. The van der Waals surface area contributed by atoms with E-state index in [1.165, 1.54) is 6.07 Å². The maximum absolute atomic E-state index is 12.7. The van der Waals surface area contributed by atoms with Crippen LogP contribution in [0.3, 0.4) is 0 Å². The van der Waals surface area contributed by atoms with Crippen molar-refractivity contribution in [1.29, 1.82) is 0 Å². The lowest BCUT2D eigenvalue weighted by Gasteiger charge is -2.09. The number of H-pyrrole nitrogens is 1. The Bertz CT molecular complexity index is 1250. The number of pyridine rings is 1. The first kappa shape index (κ1) is 18.2. The minimum atomic E-state index is -0.381. The van der Waals surface area contributed by atoms with Crippen LogP contribution in [-0.2, 0) is 0 Å². The lowest BCUT2D eigenvalue weighted by Crippen LogP contribution is -2.17.